The van der Waals surface area contributed by atoms with E-state index in [9.17, 15) is 0 Å². The van der Waals surface area contributed by atoms with Crippen LogP contribution < -0.4 is 14.6 Å². The second-order valence-electron chi connectivity index (χ2n) is 4.43. The maximum Gasteiger partial charge on any atom is 0.378 e. The highest BCUT2D eigenvalue weighted by Crippen LogP contribution is 2.36. The van der Waals surface area contributed by atoms with Crippen molar-refractivity contribution < 1.29 is 9.05 Å². The number of nitrogens with zero attached hydrogens (tertiary/aromatic N) is 2. The Balaban J connectivity index is 1.50. The van der Waals surface area contributed by atoms with Gasteiger partial charge in [-0.3, -0.25) is 0 Å². The lowest BCUT2D eigenvalue weighted by Crippen LogP contribution is -2.03. The second-order valence-corrected chi connectivity index (χ2v) is 7.14. The third-order valence-corrected chi connectivity index (χ3v) is 5.36. The Bertz CT molecular complexity index is 864. The molecular formula is C14H10N3O2PS2. The smallest absolute Gasteiger partial charge is 0.378 e. The minimum Gasteiger partial charge on any atom is -0.427 e. The van der Waals surface area contributed by atoms with E-state index in [4.69, 9.17) is 14.6 Å². The molecule has 2 heterocycles. The van der Waals surface area contributed by atoms with Crippen LogP contribution in [0.1, 0.15) is 0 Å². The highest BCUT2D eigenvalue weighted by atomic mass is 32.1. The summed E-state index contributed by atoms with van der Waals surface area (Å²) in [5.74, 6) is 1.37. The van der Waals surface area contributed by atoms with Gasteiger partial charge < -0.3 is 9.05 Å². The van der Waals surface area contributed by atoms with Crippen LogP contribution in [0.2, 0.25) is 0 Å². The fourth-order valence-electron chi connectivity index (χ4n) is 2.01. The molecule has 0 radical (unpaired) electrons. The van der Waals surface area contributed by atoms with E-state index in [-0.39, 0.29) is 0 Å². The van der Waals surface area contributed by atoms with Gasteiger partial charge in [0.25, 0.3) is 0 Å². The van der Waals surface area contributed by atoms with Crippen LogP contribution in [-0.2, 0) is 0 Å². The summed E-state index contributed by atoms with van der Waals surface area (Å²) >= 11 is 3.13. The van der Waals surface area contributed by atoms with Crippen molar-refractivity contribution in [2.75, 3.05) is 0 Å². The van der Waals surface area contributed by atoms with Crippen LogP contribution in [0.4, 0.5) is 0 Å². The summed E-state index contributed by atoms with van der Waals surface area (Å²) < 4.78 is 13.5. The highest BCUT2D eigenvalue weighted by Gasteiger charge is 2.11. The predicted octanol–water partition coefficient (Wildman–Crippen LogP) is 4.55. The van der Waals surface area contributed by atoms with E-state index >= 15 is 0 Å². The molecule has 0 aliphatic heterocycles. The van der Waals surface area contributed by atoms with Gasteiger partial charge in [0.05, 0.1) is 31.5 Å². The van der Waals surface area contributed by atoms with Crippen molar-refractivity contribution in [1.82, 2.24) is 9.97 Å². The molecule has 0 aliphatic carbocycles. The molecule has 8 heteroatoms. The van der Waals surface area contributed by atoms with E-state index in [2.05, 4.69) is 9.97 Å². The first-order chi connectivity index (χ1) is 10.8. The average Bonchev–Trinajstić information content (AvgIpc) is 3.14. The molecule has 2 aromatic heterocycles. The summed E-state index contributed by atoms with van der Waals surface area (Å²) in [6, 6.07) is 11.4. The van der Waals surface area contributed by atoms with Gasteiger partial charge in [-0.25, -0.2) is 15.5 Å². The van der Waals surface area contributed by atoms with Crippen molar-refractivity contribution in [3.05, 3.63) is 47.4 Å². The Morgan fingerprint density at radius 3 is 1.82 bits per heavy atom. The number of hydrogen-bond acceptors (Lipinski definition) is 7. The summed E-state index contributed by atoms with van der Waals surface area (Å²) in [5.41, 5.74) is 11.5. The van der Waals surface area contributed by atoms with Crippen molar-refractivity contribution in [2.24, 2.45) is 5.50 Å². The van der Waals surface area contributed by atoms with E-state index in [1.165, 1.54) is 0 Å². The lowest BCUT2D eigenvalue weighted by atomic mass is 10.3. The minimum absolute atomic E-state index is 0.684. The van der Waals surface area contributed by atoms with Gasteiger partial charge in [0, 0.05) is 12.1 Å². The van der Waals surface area contributed by atoms with Crippen LogP contribution in [0.3, 0.4) is 0 Å². The molecule has 0 fully saturated rings. The van der Waals surface area contributed by atoms with Crippen molar-refractivity contribution in [2.45, 2.75) is 0 Å². The van der Waals surface area contributed by atoms with Crippen molar-refractivity contribution in [1.29, 1.82) is 0 Å². The number of hydrogen-bond donors (Lipinski definition) is 1. The molecule has 0 saturated carbocycles. The Morgan fingerprint density at radius 1 is 0.818 bits per heavy atom. The Morgan fingerprint density at radius 2 is 1.32 bits per heavy atom. The molecule has 0 aliphatic rings. The number of aromatic nitrogens is 2. The Labute approximate surface area is 135 Å². The molecule has 0 amide bonds. The average molecular weight is 347 g/mol. The SMILES string of the molecule is NP(Oc1ccc2ncsc2c1)Oc1ccc2ncsc2c1. The first-order valence-electron chi connectivity index (χ1n) is 6.35. The zero-order chi connectivity index (χ0) is 14.9. The number of benzene rings is 2. The maximum absolute atomic E-state index is 5.97. The van der Waals surface area contributed by atoms with Gasteiger partial charge in [-0.05, 0) is 24.3 Å². The summed E-state index contributed by atoms with van der Waals surface area (Å²) in [7, 11) is -1.55. The number of fused-ring (bicyclic) bond motifs is 2. The van der Waals surface area contributed by atoms with Gasteiger partial charge in [0.1, 0.15) is 11.5 Å². The van der Waals surface area contributed by atoms with Gasteiger partial charge in [-0.1, -0.05) is 0 Å². The van der Waals surface area contributed by atoms with Crippen LogP contribution >= 0.6 is 31.2 Å². The van der Waals surface area contributed by atoms with E-state index in [0.717, 1.165) is 20.4 Å². The van der Waals surface area contributed by atoms with E-state index in [0.29, 0.717) is 11.5 Å². The number of thiazole rings is 2. The van der Waals surface area contributed by atoms with E-state index < -0.39 is 8.53 Å². The second kappa shape index (κ2) is 5.78. The lowest BCUT2D eigenvalue weighted by molar-refractivity contribution is 0.492. The van der Waals surface area contributed by atoms with E-state index in [1.807, 2.05) is 36.4 Å². The third kappa shape index (κ3) is 2.76. The van der Waals surface area contributed by atoms with Crippen LogP contribution in [0.25, 0.3) is 20.4 Å². The first kappa shape index (κ1) is 13.8. The number of nitrogens with two attached hydrogens (primary N) is 1. The molecule has 0 saturated heterocycles. The summed E-state index contributed by atoms with van der Waals surface area (Å²) in [6.45, 7) is 0. The Kier molecular flexibility index (Phi) is 3.63. The van der Waals surface area contributed by atoms with Gasteiger partial charge in [0.2, 0.25) is 0 Å². The standard InChI is InChI=1S/C14H10N3O2PS2/c15-20(18-9-1-3-11-13(5-9)21-7-16-11)19-10-2-4-12-14(6-10)22-8-17-12/h1-8H,15H2. The molecule has 2 N–H and O–H groups in total. The van der Waals surface area contributed by atoms with Crippen molar-refractivity contribution in [3.63, 3.8) is 0 Å². The topological polar surface area (TPSA) is 70.3 Å². The van der Waals surface area contributed by atoms with Crippen LogP contribution in [0.15, 0.2) is 47.4 Å². The molecule has 0 bridgehead atoms. The Hall–Kier alpha value is -1.79. The molecule has 2 aromatic carbocycles. The maximum atomic E-state index is 5.97. The zero-order valence-electron chi connectivity index (χ0n) is 11.2. The van der Waals surface area contributed by atoms with Crippen molar-refractivity contribution >= 4 is 51.6 Å². The summed E-state index contributed by atoms with van der Waals surface area (Å²) in [5, 5.41) is 0. The quantitative estimate of drug-likeness (QED) is 0.549. The summed E-state index contributed by atoms with van der Waals surface area (Å²) in [4.78, 5) is 8.46. The monoisotopic (exact) mass is 347 g/mol. The largest absolute Gasteiger partial charge is 0.427 e. The lowest BCUT2D eigenvalue weighted by Gasteiger charge is -2.13. The van der Waals surface area contributed by atoms with Gasteiger partial charge in [-0.15, -0.1) is 22.7 Å². The summed E-state index contributed by atoms with van der Waals surface area (Å²) in [6.07, 6.45) is 0. The molecule has 4 rings (SSSR count). The molecule has 0 unspecified atom stereocenters. The molecule has 0 spiro atoms. The van der Waals surface area contributed by atoms with Crippen LogP contribution in [0, 0.1) is 0 Å². The molecule has 4 aromatic rings. The number of rotatable bonds is 4. The normalized spacial score (nSPS) is 11.4. The molecule has 110 valence electrons. The molecule has 0 atom stereocenters. The minimum atomic E-state index is -1.55. The first-order valence-corrected chi connectivity index (χ1v) is 9.36. The van der Waals surface area contributed by atoms with Gasteiger partial charge in [0.15, 0.2) is 0 Å². The predicted molar refractivity (Wildman–Crippen MR) is 91.6 cm³/mol. The van der Waals surface area contributed by atoms with Crippen LogP contribution in [-0.4, -0.2) is 9.97 Å². The fraction of sp³-hybridized carbons (Fsp3) is 0. The molecule has 22 heavy (non-hydrogen) atoms. The van der Waals surface area contributed by atoms with Crippen molar-refractivity contribution in [3.8, 4) is 11.5 Å². The van der Waals surface area contributed by atoms with Gasteiger partial charge in [-0.2, -0.15) is 0 Å². The fourth-order valence-corrected chi connectivity index (χ4v) is 4.10. The van der Waals surface area contributed by atoms with E-state index in [1.54, 1.807) is 33.7 Å². The zero-order valence-corrected chi connectivity index (χ0v) is 13.7. The molecular weight excluding hydrogens is 337 g/mol. The van der Waals surface area contributed by atoms with Crippen LogP contribution in [0.5, 0.6) is 11.5 Å². The third-order valence-electron chi connectivity index (χ3n) is 3.00. The highest BCUT2D eigenvalue weighted by molar-refractivity contribution is 7.45. The van der Waals surface area contributed by atoms with Gasteiger partial charge >= 0.3 is 8.53 Å². The molecule has 5 nitrogen and oxygen atoms in total.